The third kappa shape index (κ3) is 4.12. The number of sulfone groups is 1. The molecule has 6 heteroatoms. The lowest BCUT2D eigenvalue weighted by Crippen LogP contribution is -2.45. The molecule has 1 heterocycles. The molecule has 1 rings (SSSR count). The van der Waals surface area contributed by atoms with Crippen molar-refractivity contribution in [1.29, 1.82) is 0 Å². The molecule has 1 fully saturated rings. The van der Waals surface area contributed by atoms with E-state index in [4.69, 9.17) is 0 Å². The molecule has 1 amide bonds. The third-order valence-corrected chi connectivity index (χ3v) is 4.63. The van der Waals surface area contributed by atoms with Gasteiger partial charge in [-0.15, -0.1) is 6.58 Å². The number of nitrogens with zero attached hydrogens (tertiary/aromatic N) is 1. The summed E-state index contributed by atoms with van der Waals surface area (Å²) < 4.78 is 22.8. The lowest BCUT2D eigenvalue weighted by molar-refractivity contribution is -0.131. The first-order chi connectivity index (χ1) is 8.00. The highest BCUT2D eigenvalue weighted by Gasteiger charge is 2.33. The van der Waals surface area contributed by atoms with Gasteiger partial charge in [-0.1, -0.05) is 6.08 Å². The molecule has 0 aromatic heterocycles. The highest BCUT2D eigenvalue weighted by atomic mass is 32.2. The van der Waals surface area contributed by atoms with Gasteiger partial charge in [0.05, 0.1) is 18.1 Å². The summed E-state index contributed by atoms with van der Waals surface area (Å²) >= 11 is 0. The van der Waals surface area contributed by atoms with E-state index in [-0.39, 0.29) is 30.0 Å². The van der Waals surface area contributed by atoms with Gasteiger partial charge in [-0.25, -0.2) is 8.42 Å². The number of likely N-dealkylation sites (N-methyl/N-ethyl adjacent to an activating group) is 1. The van der Waals surface area contributed by atoms with Crippen LogP contribution in [0.3, 0.4) is 0 Å². The zero-order valence-corrected chi connectivity index (χ0v) is 11.0. The number of amides is 1. The van der Waals surface area contributed by atoms with Crippen molar-refractivity contribution in [2.75, 3.05) is 31.1 Å². The molecule has 1 saturated heterocycles. The summed E-state index contributed by atoms with van der Waals surface area (Å²) in [6, 6.07) is -0.150. The summed E-state index contributed by atoms with van der Waals surface area (Å²) in [5.74, 6) is 0.256. The molecule has 1 aliphatic heterocycles. The van der Waals surface area contributed by atoms with Crippen molar-refractivity contribution in [1.82, 2.24) is 10.2 Å². The van der Waals surface area contributed by atoms with Crippen molar-refractivity contribution in [2.45, 2.75) is 19.4 Å². The topological polar surface area (TPSA) is 66.5 Å². The van der Waals surface area contributed by atoms with E-state index in [1.165, 1.54) is 0 Å². The fourth-order valence-corrected chi connectivity index (χ4v) is 3.77. The quantitative estimate of drug-likeness (QED) is 0.530. The van der Waals surface area contributed by atoms with E-state index < -0.39 is 9.84 Å². The van der Waals surface area contributed by atoms with E-state index >= 15 is 0 Å². The number of rotatable bonds is 6. The van der Waals surface area contributed by atoms with Crippen LogP contribution in [-0.2, 0) is 14.6 Å². The minimum Gasteiger partial charge on any atom is -0.338 e. The SMILES string of the molecule is C=CCNCC(=O)N(CC)C1CCS(=O)(=O)C1. The number of carbonyl (C=O) groups is 1. The Morgan fingerprint density at radius 2 is 2.29 bits per heavy atom. The summed E-state index contributed by atoms with van der Waals surface area (Å²) in [5.41, 5.74) is 0. The summed E-state index contributed by atoms with van der Waals surface area (Å²) in [4.78, 5) is 13.5. The first kappa shape index (κ1) is 14.2. The van der Waals surface area contributed by atoms with Crippen LogP contribution in [0.2, 0.25) is 0 Å². The van der Waals surface area contributed by atoms with Gasteiger partial charge >= 0.3 is 0 Å². The van der Waals surface area contributed by atoms with Crippen molar-refractivity contribution >= 4 is 15.7 Å². The molecule has 0 saturated carbocycles. The van der Waals surface area contributed by atoms with Crippen LogP contribution in [0, 0.1) is 0 Å². The Morgan fingerprint density at radius 1 is 1.59 bits per heavy atom. The van der Waals surface area contributed by atoms with Gasteiger partial charge in [0.1, 0.15) is 0 Å². The second kappa shape index (κ2) is 6.16. The maximum atomic E-state index is 11.9. The number of nitrogens with one attached hydrogen (secondary N) is 1. The van der Waals surface area contributed by atoms with Crippen LogP contribution in [0.25, 0.3) is 0 Å². The minimum absolute atomic E-state index is 0.0450. The van der Waals surface area contributed by atoms with E-state index in [2.05, 4.69) is 11.9 Å². The predicted octanol–water partition coefficient (Wildman–Crippen LogP) is -0.202. The maximum absolute atomic E-state index is 11.9. The average Bonchev–Trinajstić information content (AvgIpc) is 2.60. The molecule has 0 aromatic carbocycles. The molecule has 98 valence electrons. The zero-order chi connectivity index (χ0) is 12.9. The van der Waals surface area contributed by atoms with Gasteiger partial charge < -0.3 is 10.2 Å². The molecule has 0 radical (unpaired) electrons. The van der Waals surface area contributed by atoms with E-state index in [1.54, 1.807) is 11.0 Å². The maximum Gasteiger partial charge on any atom is 0.236 e. The van der Waals surface area contributed by atoms with Crippen molar-refractivity contribution < 1.29 is 13.2 Å². The standard InChI is InChI=1S/C11H20N2O3S/c1-3-6-12-8-11(14)13(4-2)10-5-7-17(15,16)9-10/h3,10,12H,1,4-9H2,2H3. The second-order valence-corrected chi connectivity index (χ2v) is 6.38. The lowest BCUT2D eigenvalue weighted by atomic mass is 10.2. The van der Waals surface area contributed by atoms with Gasteiger partial charge in [0.15, 0.2) is 9.84 Å². The van der Waals surface area contributed by atoms with Crippen LogP contribution in [0.1, 0.15) is 13.3 Å². The molecule has 1 N–H and O–H groups in total. The first-order valence-electron chi connectivity index (χ1n) is 5.81. The van der Waals surface area contributed by atoms with Crippen molar-refractivity contribution in [3.8, 4) is 0 Å². The molecule has 1 atom stereocenters. The molecule has 1 aliphatic rings. The van der Waals surface area contributed by atoms with E-state index in [1.807, 2.05) is 6.92 Å². The van der Waals surface area contributed by atoms with Crippen LogP contribution in [0.4, 0.5) is 0 Å². The van der Waals surface area contributed by atoms with Crippen molar-refractivity contribution in [2.24, 2.45) is 0 Å². The van der Waals surface area contributed by atoms with Gasteiger partial charge in [0.2, 0.25) is 5.91 Å². The van der Waals surface area contributed by atoms with Crippen molar-refractivity contribution in [3.63, 3.8) is 0 Å². The van der Waals surface area contributed by atoms with Crippen LogP contribution >= 0.6 is 0 Å². The summed E-state index contributed by atoms with van der Waals surface area (Å²) in [6.45, 7) is 6.78. The largest absolute Gasteiger partial charge is 0.338 e. The minimum atomic E-state index is -2.94. The molecular formula is C11H20N2O3S. The molecule has 0 bridgehead atoms. The fraction of sp³-hybridized carbons (Fsp3) is 0.727. The molecular weight excluding hydrogens is 240 g/mol. The second-order valence-electron chi connectivity index (χ2n) is 4.16. The number of hydrogen-bond acceptors (Lipinski definition) is 4. The summed E-state index contributed by atoms with van der Waals surface area (Å²) in [5, 5.41) is 2.94. The Labute approximate surface area is 103 Å². The zero-order valence-electron chi connectivity index (χ0n) is 10.2. The molecule has 17 heavy (non-hydrogen) atoms. The Morgan fingerprint density at radius 3 is 2.76 bits per heavy atom. The van der Waals surface area contributed by atoms with E-state index in [0.717, 1.165) is 0 Å². The highest BCUT2D eigenvalue weighted by Crippen LogP contribution is 2.17. The third-order valence-electron chi connectivity index (χ3n) is 2.88. The van der Waals surface area contributed by atoms with Crippen LogP contribution in [0.15, 0.2) is 12.7 Å². The van der Waals surface area contributed by atoms with E-state index in [0.29, 0.717) is 19.5 Å². The normalized spacial score (nSPS) is 22.3. The van der Waals surface area contributed by atoms with Crippen LogP contribution in [-0.4, -0.2) is 56.4 Å². The fourth-order valence-electron chi connectivity index (χ4n) is 2.04. The predicted molar refractivity (Wildman–Crippen MR) is 67.5 cm³/mol. The van der Waals surface area contributed by atoms with Gasteiger partial charge in [-0.2, -0.15) is 0 Å². The smallest absolute Gasteiger partial charge is 0.236 e. The molecule has 0 spiro atoms. The first-order valence-corrected chi connectivity index (χ1v) is 7.63. The number of hydrogen-bond donors (Lipinski definition) is 1. The van der Waals surface area contributed by atoms with Crippen LogP contribution < -0.4 is 5.32 Å². The van der Waals surface area contributed by atoms with Gasteiger partial charge in [0, 0.05) is 19.1 Å². The molecule has 1 unspecified atom stereocenters. The van der Waals surface area contributed by atoms with Crippen LogP contribution in [0.5, 0.6) is 0 Å². The molecule has 0 aromatic rings. The lowest BCUT2D eigenvalue weighted by Gasteiger charge is -2.26. The van der Waals surface area contributed by atoms with Gasteiger partial charge in [0.25, 0.3) is 0 Å². The molecule has 0 aliphatic carbocycles. The average molecular weight is 260 g/mol. The Kier molecular flexibility index (Phi) is 5.14. The summed E-state index contributed by atoms with van der Waals surface area (Å²) in [6.07, 6.45) is 2.24. The molecule has 5 nitrogen and oxygen atoms in total. The van der Waals surface area contributed by atoms with Gasteiger partial charge in [-0.3, -0.25) is 4.79 Å². The van der Waals surface area contributed by atoms with E-state index in [9.17, 15) is 13.2 Å². The Hall–Kier alpha value is -0.880. The summed E-state index contributed by atoms with van der Waals surface area (Å²) in [7, 11) is -2.94. The van der Waals surface area contributed by atoms with Crippen molar-refractivity contribution in [3.05, 3.63) is 12.7 Å². The Bertz CT molecular complexity index is 378. The van der Waals surface area contributed by atoms with Gasteiger partial charge in [-0.05, 0) is 13.3 Å². The Balaban J connectivity index is 2.53. The monoisotopic (exact) mass is 260 g/mol. The number of carbonyl (C=O) groups excluding carboxylic acids is 1. The highest BCUT2D eigenvalue weighted by molar-refractivity contribution is 7.91.